The van der Waals surface area contributed by atoms with Gasteiger partial charge in [-0.3, -0.25) is 9.59 Å². The van der Waals surface area contributed by atoms with Crippen LogP contribution in [0.2, 0.25) is 0 Å². The van der Waals surface area contributed by atoms with Crippen LogP contribution in [-0.2, 0) is 11.3 Å². The first-order valence-electron chi connectivity index (χ1n) is 12.0. The van der Waals surface area contributed by atoms with E-state index in [0.29, 0.717) is 23.5 Å². The van der Waals surface area contributed by atoms with Crippen LogP contribution in [-0.4, -0.2) is 61.1 Å². The maximum absolute atomic E-state index is 13.6. The Hall–Kier alpha value is -3.82. The van der Waals surface area contributed by atoms with Gasteiger partial charge >= 0.3 is 5.97 Å². The van der Waals surface area contributed by atoms with E-state index in [9.17, 15) is 24.2 Å². The van der Waals surface area contributed by atoms with Crippen molar-refractivity contribution in [1.82, 2.24) is 14.7 Å². The van der Waals surface area contributed by atoms with Gasteiger partial charge in [-0.05, 0) is 41.8 Å². The Labute approximate surface area is 215 Å². The summed E-state index contributed by atoms with van der Waals surface area (Å²) in [6.45, 7) is 4.22. The van der Waals surface area contributed by atoms with Crippen molar-refractivity contribution in [3.63, 3.8) is 0 Å². The predicted molar refractivity (Wildman–Crippen MR) is 138 cm³/mol. The number of amides is 1. The van der Waals surface area contributed by atoms with Crippen molar-refractivity contribution in [3.8, 4) is 5.69 Å². The van der Waals surface area contributed by atoms with Crippen LogP contribution < -0.4 is 0 Å². The van der Waals surface area contributed by atoms with Crippen molar-refractivity contribution in [1.29, 1.82) is 0 Å². The Morgan fingerprint density at radius 3 is 2.32 bits per heavy atom. The number of rotatable bonds is 11. The van der Waals surface area contributed by atoms with Gasteiger partial charge in [-0.15, -0.1) is 0 Å². The molecule has 0 aliphatic heterocycles. The van der Waals surface area contributed by atoms with Crippen LogP contribution in [0.25, 0.3) is 11.8 Å². The first-order chi connectivity index (χ1) is 17.6. The van der Waals surface area contributed by atoms with E-state index in [0.717, 1.165) is 5.56 Å². The Bertz CT molecular complexity index is 1240. The molecule has 1 heterocycles. The van der Waals surface area contributed by atoms with Crippen molar-refractivity contribution in [2.24, 2.45) is 0 Å². The molecule has 37 heavy (non-hydrogen) atoms. The van der Waals surface area contributed by atoms with E-state index in [1.807, 2.05) is 44.2 Å². The molecule has 8 nitrogen and oxygen atoms in total. The molecule has 1 aromatic heterocycles. The standard InChI is InChI=1S/C28H32FN3O5/c1-18(2)26-24(14-13-22(33)15-23(34)16-25(35)36)32(21-11-9-20(29)10-12-21)30-27(26)28(37)31(3)17-19-7-5-4-6-8-19/h4-14,18,22-23,33-34H,15-17H2,1-3H3,(H,35,36)/b14-13+. The molecule has 0 radical (unpaired) electrons. The summed E-state index contributed by atoms with van der Waals surface area (Å²) in [4.78, 5) is 25.9. The number of carboxylic acid groups (broad SMARTS) is 1. The molecule has 0 spiro atoms. The molecule has 0 saturated heterocycles. The molecule has 1 amide bonds. The molecule has 0 fully saturated rings. The van der Waals surface area contributed by atoms with Crippen molar-refractivity contribution in [2.45, 2.75) is 51.4 Å². The zero-order chi connectivity index (χ0) is 27.1. The van der Waals surface area contributed by atoms with Gasteiger partial charge in [0.1, 0.15) is 5.82 Å². The number of nitrogens with zero attached hydrogens (tertiary/aromatic N) is 3. The van der Waals surface area contributed by atoms with Gasteiger partial charge in [0.25, 0.3) is 5.91 Å². The van der Waals surface area contributed by atoms with Crippen LogP contribution in [0.5, 0.6) is 0 Å². The normalized spacial score (nSPS) is 13.2. The number of hydrogen-bond acceptors (Lipinski definition) is 5. The van der Waals surface area contributed by atoms with Gasteiger partial charge in [0, 0.05) is 25.6 Å². The lowest BCUT2D eigenvalue weighted by Gasteiger charge is -2.17. The highest BCUT2D eigenvalue weighted by Crippen LogP contribution is 2.29. The SMILES string of the molecule is CC(C)c1c(C(=O)N(C)Cc2ccccc2)nn(-c2ccc(F)cc2)c1/C=C/C(O)CC(O)CC(=O)O. The number of hydrogen-bond donors (Lipinski definition) is 3. The zero-order valence-corrected chi connectivity index (χ0v) is 21.1. The highest BCUT2D eigenvalue weighted by Gasteiger charge is 2.27. The molecule has 3 rings (SSSR count). The van der Waals surface area contributed by atoms with Gasteiger partial charge in [0.15, 0.2) is 5.69 Å². The summed E-state index contributed by atoms with van der Waals surface area (Å²) in [7, 11) is 1.69. The molecule has 0 saturated carbocycles. The number of aliphatic hydroxyl groups is 2. The Balaban J connectivity index is 2.02. The summed E-state index contributed by atoms with van der Waals surface area (Å²) in [5.41, 5.74) is 2.88. The minimum absolute atomic E-state index is 0.132. The minimum Gasteiger partial charge on any atom is -0.481 e. The van der Waals surface area contributed by atoms with E-state index in [1.54, 1.807) is 30.2 Å². The molecule has 2 atom stereocenters. The second kappa shape index (κ2) is 12.4. The van der Waals surface area contributed by atoms with Gasteiger partial charge in [-0.2, -0.15) is 5.10 Å². The maximum Gasteiger partial charge on any atom is 0.305 e. The highest BCUT2D eigenvalue weighted by atomic mass is 19.1. The monoisotopic (exact) mass is 509 g/mol. The first-order valence-corrected chi connectivity index (χ1v) is 12.0. The smallest absolute Gasteiger partial charge is 0.305 e. The molecular formula is C28H32FN3O5. The van der Waals surface area contributed by atoms with E-state index in [-0.39, 0.29) is 23.9 Å². The van der Waals surface area contributed by atoms with Crippen molar-refractivity contribution >= 4 is 18.0 Å². The third kappa shape index (κ3) is 7.34. The fraction of sp³-hybridized carbons (Fsp3) is 0.321. The lowest BCUT2D eigenvalue weighted by Crippen LogP contribution is -2.27. The lowest BCUT2D eigenvalue weighted by molar-refractivity contribution is -0.139. The molecule has 0 aliphatic rings. The van der Waals surface area contributed by atoms with E-state index in [2.05, 4.69) is 5.10 Å². The fourth-order valence-corrected chi connectivity index (χ4v) is 4.06. The third-order valence-corrected chi connectivity index (χ3v) is 5.82. The molecule has 2 aromatic carbocycles. The third-order valence-electron chi connectivity index (χ3n) is 5.82. The number of aromatic nitrogens is 2. The van der Waals surface area contributed by atoms with Gasteiger partial charge < -0.3 is 20.2 Å². The van der Waals surface area contributed by atoms with Gasteiger partial charge in [-0.25, -0.2) is 9.07 Å². The average Bonchev–Trinajstić information content (AvgIpc) is 3.22. The van der Waals surface area contributed by atoms with Crippen LogP contribution in [0, 0.1) is 5.82 Å². The lowest BCUT2D eigenvalue weighted by atomic mass is 9.98. The van der Waals surface area contributed by atoms with Crippen LogP contribution in [0.3, 0.4) is 0 Å². The van der Waals surface area contributed by atoms with Crippen LogP contribution in [0.1, 0.15) is 59.9 Å². The summed E-state index contributed by atoms with van der Waals surface area (Å²) in [5.74, 6) is -2.00. The van der Waals surface area contributed by atoms with Crippen molar-refractivity contribution in [2.75, 3.05) is 7.05 Å². The van der Waals surface area contributed by atoms with Crippen LogP contribution >= 0.6 is 0 Å². The summed E-state index contributed by atoms with van der Waals surface area (Å²) in [5, 5.41) is 33.7. The van der Waals surface area contributed by atoms with E-state index < -0.39 is 30.4 Å². The quantitative estimate of drug-likeness (QED) is 0.360. The molecule has 0 aliphatic carbocycles. The van der Waals surface area contributed by atoms with Crippen LogP contribution in [0.15, 0.2) is 60.7 Å². The molecule has 3 aromatic rings. The Morgan fingerprint density at radius 1 is 1.08 bits per heavy atom. The van der Waals surface area contributed by atoms with E-state index in [4.69, 9.17) is 5.11 Å². The maximum atomic E-state index is 13.6. The largest absolute Gasteiger partial charge is 0.481 e. The number of carbonyl (C=O) groups is 2. The average molecular weight is 510 g/mol. The molecule has 196 valence electrons. The summed E-state index contributed by atoms with van der Waals surface area (Å²) in [6.07, 6.45) is 0.0182. The van der Waals surface area contributed by atoms with E-state index in [1.165, 1.54) is 22.9 Å². The fourth-order valence-electron chi connectivity index (χ4n) is 4.06. The highest BCUT2D eigenvalue weighted by molar-refractivity contribution is 5.95. The summed E-state index contributed by atoms with van der Waals surface area (Å²) >= 11 is 0. The Kier molecular flexibility index (Phi) is 9.32. The summed E-state index contributed by atoms with van der Waals surface area (Å²) in [6, 6.07) is 15.2. The summed E-state index contributed by atoms with van der Waals surface area (Å²) < 4.78 is 15.1. The van der Waals surface area contributed by atoms with Gasteiger partial charge in [0.05, 0.1) is 30.0 Å². The molecule has 3 N–H and O–H groups in total. The number of halogens is 1. The van der Waals surface area contributed by atoms with Crippen molar-refractivity contribution in [3.05, 3.63) is 89.0 Å². The predicted octanol–water partition coefficient (Wildman–Crippen LogP) is 4.01. The number of carboxylic acids is 1. The molecular weight excluding hydrogens is 477 g/mol. The number of carbonyl (C=O) groups excluding carboxylic acids is 1. The Morgan fingerprint density at radius 2 is 1.73 bits per heavy atom. The number of aliphatic carboxylic acids is 1. The molecule has 2 unspecified atom stereocenters. The zero-order valence-electron chi connectivity index (χ0n) is 21.1. The second-order valence-corrected chi connectivity index (χ2v) is 9.25. The topological polar surface area (TPSA) is 116 Å². The second-order valence-electron chi connectivity index (χ2n) is 9.25. The minimum atomic E-state index is -1.22. The first kappa shape index (κ1) is 27.8. The van der Waals surface area contributed by atoms with E-state index >= 15 is 0 Å². The van der Waals surface area contributed by atoms with Crippen LogP contribution in [0.4, 0.5) is 4.39 Å². The molecule has 9 heteroatoms. The molecule has 0 bridgehead atoms. The van der Waals surface area contributed by atoms with Gasteiger partial charge in [-0.1, -0.05) is 50.3 Å². The van der Waals surface area contributed by atoms with Crippen molar-refractivity contribution < 1.29 is 29.3 Å². The van der Waals surface area contributed by atoms with Gasteiger partial charge in [0.2, 0.25) is 0 Å². The number of aliphatic hydroxyl groups excluding tert-OH is 2. The number of benzene rings is 2.